The summed E-state index contributed by atoms with van der Waals surface area (Å²) in [6.07, 6.45) is -4.35. The van der Waals surface area contributed by atoms with Crippen molar-refractivity contribution in [2.75, 3.05) is 7.11 Å². The van der Waals surface area contributed by atoms with Gasteiger partial charge in [0.05, 0.1) is 18.4 Å². The third kappa shape index (κ3) is 2.79. The molecule has 1 heterocycles. The van der Waals surface area contributed by atoms with Crippen LogP contribution >= 0.6 is 23.2 Å². The molecule has 1 aromatic heterocycles. The fourth-order valence-corrected chi connectivity index (χ4v) is 2.21. The van der Waals surface area contributed by atoms with E-state index in [0.717, 1.165) is 19.2 Å². The Hall–Kier alpha value is -1.01. The first-order valence-corrected chi connectivity index (χ1v) is 5.96. The standard InChI is InChI=1S/C11H8Cl2F3NO2/c1-19-9(18)5-2-3-7(11(14,15)16)17-8(5)6-4-10(6,12)13/h2-3,6H,4H2,1H3. The molecule has 0 bridgehead atoms. The zero-order valence-corrected chi connectivity index (χ0v) is 11.1. The lowest BCUT2D eigenvalue weighted by Crippen LogP contribution is -2.14. The smallest absolute Gasteiger partial charge is 0.433 e. The molecule has 8 heteroatoms. The molecule has 1 fully saturated rings. The Morgan fingerprint density at radius 3 is 2.47 bits per heavy atom. The fourth-order valence-electron chi connectivity index (χ4n) is 1.69. The number of rotatable bonds is 2. The maximum Gasteiger partial charge on any atom is 0.433 e. The van der Waals surface area contributed by atoms with Gasteiger partial charge < -0.3 is 4.74 Å². The number of nitrogens with zero attached hydrogens (tertiary/aromatic N) is 1. The zero-order valence-electron chi connectivity index (χ0n) is 9.59. The van der Waals surface area contributed by atoms with E-state index in [9.17, 15) is 18.0 Å². The number of methoxy groups -OCH3 is 1. The number of pyridine rings is 1. The molecule has 0 spiro atoms. The van der Waals surface area contributed by atoms with E-state index >= 15 is 0 Å². The molecule has 0 aliphatic heterocycles. The summed E-state index contributed by atoms with van der Waals surface area (Å²) in [5.74, 6) is -1.38. The number of hydrogen-bond acceptors (Lipinski definition) is 3. The van der Waals surface area contributed by atoms with Gasteiger partial charge in [0, 0.05) is 5.92 Å². The summed E-state index contributed by atoms with van der Waals surface area (Å²) in [6, 6.07) is 1.75. The highest BCUT2D eigenvalue weighted by molar-refractivity contribution is 6.51. The molecule has 1 unspecified atom stereocenters. The van der Waals surface area contributed by atoms with Gasteiger partial charge in [-0.25, -0.2) is 9.78 Å². The minimum absolute atomic E-state index is 0.0522. The van der Waals surface area contributed by atoms with E-state index in [0.29, 0.717) is 0 Å². The highest BCUT2D eigenvalue weighted by Gasteiger charge is 2.55. The molecule has 3 nitrogen and oxygen atoms in total. The molecule has 2 rings (SSSR count). The first-order chi connectivity index (χ1) is 8.66. The molecule has 19 heavy (non-hydrogen) atoms. The van der Waals surface area contributed by atoms with Crippen LogP contribution in [0.15, 0.2) is 12.1 Å². The van der Waals surface area contributed by atoms with Crippen LogP contribution in [0.5, 0.6) is 0 Å². The van der Waals surface area contributed by atoms with Gasteiger partial charge in [-0.15, -0.1) is 23.2 Å². The van der Waals surface area contributed by atoms with Crippen LogP contribution < -0.4 is 0 Å². The van der Waals surface area contributed by atoms with Crippen molar-refractivity contribution in [1.82, 2.24) is 4.98 Å². The van der Waals surface area contributed by atoms with Crippen LogP contribution in [0, 0.1) is 0 Å². The number of carbonyl (C=O) groups is 1. The highest BCUT2D eigenvalue weighted by Crippen LogP contribution is 2.59. The Kier molecular flexibility index (Phi) is 3.43. The Balaban J connectivity index is 2.49. The molecular weight excluding hydrogens is 306 g/mol. The monoisotopic (exact) mass is 313 g/mol. The molecule has 1 aliphatic rings. The predicted octanol–water partition coefficient (Wildman–Crippen LogP) is 3.55. The van der Waals surface area contributed by atoms with Crippen LogP contribution in [0.2, 0.25) is 0 Å². The summed E-state index contributed by atoms with van der Waals surface area (Å²) in [4.78, 5) is 15.0. The lowest BCUT2D eigenvalue weighted by molar-refractivity contribution is -0.141. The van der Waals surface area contributed by atoms with Gasteiger partial charge in [0.15, 0.2) is 0 Å². The second kappa shape index (κ2) is 4.52. The summed E-state index contributed by atoms with van der Waals surface area (Å²) < 4.78 is 41.2. The number of ether oxygens (including phenoxy) is 1. The van der Waals surface area contributed by atoms with Crippen LogP contribution in [-0.2, 0) is 10.9 Å². The van der Waals surface area contributed by atoms with Gasteiger partial charge in [-0.05, 0) is 18.6 Å². The largest absolute Gasteiger partial charge is 0.465 e. The summed E-state index contributed by atoms with van der Waals surface area (Å²) in [5.41, 5.74) is -1.22. The number of aromatic nitrogens is 1. The van der Waals surface area contributed by atoms with Gasteiger partial charge >= 0.3 is 12.1 Å². The molecule has 0 amide bonds. The third-order valence-corrected chi connectivity index (χ3v) is 3.61. The Morgan fingerprint density at radius 2 is 2.05 bits per heavy atom. The second-order valence-corrected chi connectivity index (χ2v) is 5.68. The molecule has 0 aromatic carbocycles. The molecule has 1 atom stereocenters. The van der Waals surface area contributed by atoms with Crippen LogP contribution in [0.4, 0.5) is 13.2 Å². The van der Waals surface area contributed by atoms with E-state index in [1.165, 1.54) is 0 Å². The molecule has 1 aliphatic carbocycles. The van der Waals surface area contributed by atoms with Gasteiger partial charge in [-0.3, -0.25) is 0 Å². The molecule has 0 saturated heterocycles. The van der Waals surface area contributed by atoms with Crippen molar-refractivity contribution in [2.24, 2.45) is 0 Å². The average molecular weight is 314 g/mol. The SMILES string of the molecule is COC(=O)c1ccc(C(F)(F)F)nc1C1CC1(Cl)Cl. The number of hydrogen-bond donors (Lipinski definition) is 0. The van der Waals surface area contributed by atoms with Crippen molar-refractivity contribution in [3.05, 3.63) is 29.1 Å². The minimum Gasteiger partial charge on any atom is -0.465 e. The van der Waals surface area contributed by atoms with Gasteiger partial charge in [-0.2, -0.15) is 13.2 Å². The Morgan fingerprint density at radius 1 is 1.47 bits per heavy atom. The minimum atomic E-state index is -4.60. The quantitative estimate of drug-likeness (QED) is 0.619. The van der Waals surface area contributed by atoms with E-state index in [1.807, 2.05) is 0 Å². The molecule has 0 N–H and O–H groups in total. The average Bonchev–Trinajstić information content (AvgIpc) is 2.95. The van der Waals surface area contributed by atoms with Crippen LogP contribution in [0.3, 0.4) is 0 Å². The molecule has 104 valence electrons. The summed E-state index contributed by atoms with van der Waals surface area (Å²) in [7, 11) is 1.13. The Bertz CT molecular complexity index is 531. The van der Waals surface area contributed by atoms with E-state index in [4.69, 9.17) is 23.2 Å². The number of halogens is 5. The van der Waals surface area contributed by atoms with Gasteiger partial charge in [-0.1, -0.05) is 0 Å². The first kappa shape index (κ1) is 14.4. The fraction of sp³-hybridized carbons (Fsp3) is 0.455. The molecule has 1 saturated carbocycles. The van der Waals surface area contributed by atoms with Crippen LogP contribution in [0.25, 0.3) is 0 Å². The lowest BCUT2D eigenvalue weighted by atomic mass is 10.1. The molecule has 0 radical (unpaired) electrons. The third-order valence-electron chi connectivity index (χ3n) is 2.78. The predicted molar refractivity (Wildman–Crippen MR) is 62.4 cm³/mol. The van der Waals surface area contributed by atoms with Crippen molar-refractivity contribution < 1.29 is 22.7 Å². The van der Waals surface area contributed by atoms with Gasteiger partial charge in [0.1, 0.15) is 10.0 Å². The Labute approximate surface area is 116 Å². The maximum absolute atomic E-state index is 12.6. The topological polar surface area (TPSA) is 39.2 Å². The van der Waals surface area contributed by atoms with Crippen molar-refractivity contribution in [1.29, 1.82) is 0 Å². The number of alkyl halides is 5. The van der Waals surface area contributed by atoms with E-state index in [-0.39, 0.29) is 17.7 Å². The molecular formula is C11H8Cl2F3NO2. The van der Waals surface area contributed by atoms with E-state index < -0.39 is 28.1 Å². The van der Waals surface area contributed by atoms with Crippen LogP contribution in [0.1, 0.15) is 34.1 Å². The summed E-state index contributed by atoms with van der Waals surface area (Å²) in [6.45, 7) is 0. The van der Waals surface area contributed by atoms with Crippen molar-refractivity contribution >= 4 is 29.2 Å². The summed E-state index contributed by atoms with van der Waals surface area (Å²) in [5, 5.41) is 0. The zero-order chi connectivity index (χ0) is 14.4. The van der Waals surface area contributed by atoms with Crippen molar-refractivity contribution in [3.8, 4) is 0 Å². The second-order valence-electron chi connectivity index (χ2n) is 4.14. The first-order valence-electron chi connectivity index (χ1n) is 5.21. The van der Waals surface area contributed by atoms with Gasteiger partial charge in [0.25, 0.3) is 0 Å². The molecule has 1 aromatic rings. The number of carbonyl (C=O) groups excluding carboxylic acids is 1. The maximum atomic E-state index is 12.6. The normalized spacial score (nSPS) is 21.1. The van der Waals surface area contributed by atoms with Gasteiger partial charge in [0.2, 0.25) is 0 Å². The van der Waals surface area contributed by atoms with Crippen molar-refractivity contribution in [2.45, 2.75) is 22.8 Å². The lowest BCUT2D eigenvalue weighted by Gasteiger charge is -2.11. The van der Waals surface area contributed by atoms with E-state index in [1.54, 1.807) is 0 Å². The summed E-state index contributed by atoms with van der Waals surface area (Å²) >= 11 is 11.6. The highest BCUT2D eigenvalue weighted by atomic mass is 35.5. The van der Waals surface area contributed by atoms with Crippen LogP contribution in [-0.4, -0.2) is 22.4 Å². The van der Waals surface area contributed by atoms with E-state index in [2.05, 4.69) is 9.72 Å². The van der Waals surface area contributed by atoms with Crippen molar-refractivity contribution in [3.63, 3.8) is 0 Å². The number of esters is 1.